The third-order valence-corrected chi connectivity index (χ3v) is 2.87. The Morgan fingerprint density at radius 3 is 2.85 bits per heavy atom. The number of hydrogen-bond acceptors (Lipinski definition) is 3. The summed E-state index contributed by atoms with van der Waals surface area (Å²) < 4.78 is 0. The maximum Gasteiger partial charge on any atom is 0.236 e. The molecule has 1 heterocycles. The molecule has 0 aromatic carbocycles. The van der Waals surface area contributed by atoms with E-state index in [9.17, 15) is 4.79 Å². The second kappa shape index (κ2) is 6.05. The zero-order valence-electron chi connectivity index (χ0n) is 7.79. The average Bonchev–Trinajstić information content (AvgIpc) is 2.19. The minimum absolute atomic E-state index is 0.210. The number of amides is 1. The van der Waals surface area contributed by atoms with E-state index in [1.54, 1.807) is 6.08 Å². The quantitative estimate of drug-likeness (QED) is 0.524. The lowest BCUT2D eigenvalue weighted by Gasteiger charge is -2.26. The Balaban J connectivity index is 2.17. The molecule has 1 N–H and O–H groups in total. The fourth-order valence-corrected chi connectivity index (χ4v) is 2.11. The van der Waals surface area contributed by atoms with Gasteiger partial charge in [0.25, 0.3) is 0 Å². The molecule has 0 aromatic rings. The molecule has 0 radical (unpaired) electrons. The summed E-state index contributed by atoms with van der Waals surface area (Å²) in [5.41, 5.74) is 0. The molecule has 0 atom stereocenters. The highest BCUT2D eigenvalue weighted by Crippen LogP contribution is 2.08. The van der Waals surface area contributed by atoms with Gasteiger partial charge in [0.1, 0.15) is 0 Å². The largest absolute Gasteiger partial charge is 0.340 e. The predicted octanol–water partition coefficient (Wildman–Crippen LogP) is 0.337. The van der Waals surface area contributed by atoms with Crippen molar-refractivity contribution in [3.63, 3.8) is 0 Å². The standard InChI is InChI=1S/C9H16N2OS/c1-2-3-10-8-9(12)11-4-6-13-7-5-11/h2,10H,1,3-8H2. The van der Waals surface area contributed by atoms with Crippen molar-refractivity contribution >= 4 is 17.7 Å². The van der Waals surface area contributed by atoms with Crippen molar-refractivity contribution in [3.8, 4) is 0 Å². The van der Waals surface area contributed by atoms with Crippen LogP contribution in [0.15, 0.2) is 12.7 Å². The van der Waals surface area contributed by atoms with Crippen LogP contribution in [0.3, 0.4) is 0 Å². The van der Waals surface area contributed by atoms with Crippen LogP contribution in [0.2, 0.25) is 0 Å². The molecule has 0 bridgehead atoms. The first-order valence-electron chi connectivity index (χ1n) is 4.51. The van der Waals surface area contributed by atoms with E-state index in [4.69, 9.17) is 0 Å². The highest BCUT2D eigenvalue weighted by atomic mass is 32.2. The van der Waals surface area contributed by atoms with Gasteiger partial charge >= 0.3 is 0 Å². The fraction of sp³-hybridized carbons (Fsp3) is 0.667. The number of carbonyl (C=O) groups is 1. The van der Waals surface area contributed by atoms with Gasteiger partial charge in [-0.1, -0.05) is 6.08 Å². The fourth-order valence-electron chi connectivity index (χ4n) is 1.21. The SMILES string of the molecule is C=CCNCC(=O)N1CCSCC1. The second-order valence-electron chi connectivity index (χ2n) is 2.91. The summed E-state index contributed by atoms with van der Waals surface area (Å²) in [4.78, 5) is 13.4. The van der Waals surface area contributed by atoms with E-state index in [2.05, 4.69) is 11.9 Å². The normalized spacial score (nSPS) is 17.1. The van der Waals surface area contributed by atoms with E-state index in [1.165, 1.54) is 0 Å². The molecule has 1 amide bonds. The van der Waals surface area contributed by atoms with E-state index in [0.717, 1.165) is 24.6 Å². The second-order valence-corrected chi connectivity index (χ2v) is 4.14. The van der Waals surface area contributed by atoms with E-state index in [1.807, 2.05) is 16.7 Å². The summed E-state index contributed by atoms with van der Waals surface area (Å²) in [6.45, 7) is 6.53. The van der Waals surface area contributed by atoms with Gasteiger partial charge in [-0.3, -0.25) is 4.79 Å². The topological polar surface area (TPSA) is 32.3 Å². The molecule has 1 aliphatic rings. The highest BCUT2D eigenvalue weighted by molar-refractivity contribution is 7.99. The zero-order valence-corrected chi connectivity index (χ0v) is 8.61. The van der Waals surface area contributed by atoms with Gasteiger partial charge in [0.2, 0.25) is 5.91 Å². The van der Waals surface area contributed by atoms with Gasteiger partial charge in [-0.2, -0.15) is 11.8 Å². The van der Waals surface area contributed by atoms with E-state index in [0.29, 0.717) is 13.1 Å². The lowest BCUT2D eigenvalue weighted by Crippen LogP contribution is -2.42. The summed E-state index contributed by atoms with van der Waals surface area (Å²) in [7, 11) is 0. The number of rotatable bonds is 4. The minimum atomic E-state index is 0.210. The molecule has 0 unspecified atom stereocenters. The smallest absolute Gasteiger partial charge is 0.236 e. The van der Waals surface area contributed by atoms with Gasteiger partial charge in [0.05, 0.1) is 6.54 Å². The number of thioether (sulfide) groups is 1. The predicted molar refractivity (Wildman–Crippen MR) is 57.0 cm³/mol. The maximum absolute atomic E-state index is 11.5. The zero-order chi connectivity index (χ0) is 9.52. The van der Waals surface area contributed by atoms with Crippen molar-refractivity contribution in [2.75, 3.05) is 37.7 Å². The van der Waals surface area contributed by atoms with Crippen LogP contribution >= 0.6 is 11.8 Å². The van der Waals surface area contributed by atoms with E-state index in [-0.39, 0.29) is 5.91 Å². The number of carbonyl (C=O) groups excluding carboxylic acids is 1. The van der Waals surface area contributed by atoms with Crippen molar-refractivity contribution in [2.45, 2.75) is 0 Å². The Bertz CT molecular complexity index is 178. The number of nitrogens with zero attached hydrogens (tertiary/aromatic N) is 1. The number of hydrogen-bond donors (Lipinski definition) is 1. The monoisotopic (exact) mass is 200 g/mol. The summed E-state index contributed by atoms with van der Waals surface area (Å²) in [6.07, 6.45) is 1.76. The Morgan fingerprint density at radius 2 is 2.23 bits per heavy atom. The summed E-state index contributed by atoms with van der Waals surface area (Å²) in [5, 5.41) is 3.02. The molecular weight excluding hydrogens is 184 g/mol. The Kier molecular flexibility index (Phi) is 4.93. The van der Waals surface area contributed by atoms with Crippen LogP contribution in [-0.2, 0) is 4.79 Å². The first-order chi connectivity index (χ1) is 6.34. The van der Waals surface area contributed by atoms with Crippen LogP contribution in [-0.4, -0.2) is 48.5 Å². The summed E-state index contributed by atoms with van der Waals surface area (Å²) in [5.74, 6) is 2.36. The molecular formula is C9H16N2OS. The van der Waals surface area contributed by atoms with Gasteiger partial charge < -0.3 is 10.2 Å². The highest BCUT2D eigenvalue weighted by Gasteiger charge is 2.15. The van der Waals surface area contributed by atoms with Crippen molar-refractivity contribution in [1.82, 2.24) is 10.2 Å². The molecule has 1 fully saturated rings. The van der Waals surface area contributed by atoms with Gasteiger partial charge in [0.15, 0.2) is 0 Å². The summed E-state index contributed by atoms with van der Waals surface area (Å²) in [6, 6.07) is 0. The molecule has 1 rings (SSSR count). The van der Waals surface area contributed by atoms with Crippen molar-refractivity contribution in [1.29, 1.82) is 0 Å². The summed E-state index contributed by atoms with van der Waals surface area (Å²) >= 11 is 1.91. The molecule has 74 valence electrons. The van der Waals surface area contributed by atoms with Crippen molar-refractivity contribution in [3.05, 3.63) is 12.7 Å². The minimum Gasteiger partial charge on any atom is -0.340 e. The third kappa shape index (κ3) is 3.83. The van der Waals surface area contributed by atoms with Crippen molar-refractivity contribution in [2.24, 2.45) is 0 Å². The van der Waals surface area contributed by atoms with Crippen LogP contribution in [0.25, 0.3) is 0 Å². The van der Waals surface area contributed by atoms with E-state index < -0.39 is 0 Å². The molecule has 0 aliphatic carbocycles. The van der Waals surface area contributed by atoms with Gasteiger partial charge in [-0.15, -0.1) is 6.58 Å². The Morgan fingerprint density at radius 1 is 1.54 bits per heavy atom. The van der Waals surface area contributed by atoms with Gasteiger partial charge in [-0.05, 0) is 0 Å². The lowest BCUT2D eigenvalue weighted by molar-refractivity contribution is -0.129. The first kappa shape index (κ1) is 10.6. The maximum atomic E-state index is 11.5. The Hall–Kier alpha value is -0.480. The van der Waals surface area contributed by atoms with Crippen molar-refractivity contribution < 1.29 is 4.79 Å². The lowest BCUT2D eigenvalue weighted by atomic mass is 10.4. The van der Waals surface area contributed by atoms with Crippen LogP contribution < -0.4 is 5.32 Å². The number of nitrogens with one attached hydrogen (secondary N) is 1. The Labute approximate surface area is 83.6 Å². The molecule has 13 heavy (non-hydrogen) atoms. The molecule has 0 aromatic heterocycles. The average molecular weight is 200 g/mol. The molecule has 1 aliphatic heterocycles. The van der Waals surface area contributed by atoms with Crippen LogP contribution in [0.4, 0.5) is 0 Å². The first-order valence-corrected chi connectivity index (χ1v) is 5.67. The van der Waals surface area contributed by atoms with Gasteiger partial charge in [-0.25, -0.2) is 0 Å². The van der Waals surface area contributed by atoms with E-state index >= 15 is 0 Å². The molecule has 0 spiro atoms. The molecule has 3 nitrogen and oxygen atoms in total. The third-order valence-electron chi connectivity index (χ3n) is 1.93. The van der Waals surface area contributed by atoms with Gasteiger partial charge in [0, 0.05) is 31.1 Å². The molecule has 1 saturated heterocycles. The molecule has 0 saturated carbocycles. The van der Waals surface area contributed by atoms with Crippen LogP contribution in [0.5, 0.6) is 0 Å². The van der Waals surface area contributed by atoms with Crippen LogP contribution in [0.1, 0.15) is 0 Å². The molecule has 4 heteroatoms. The van der Waals surface area contributed by atoms with Crippen LogP contribution in [0, 0.1) is 0 Å².